The Bertz CT molecular complexity index is 847. The van der Waals surface area contributed by atoms with E-state index in [1.165, 1.54) is 26.0 Å². The van der Waals surface area contributed by atoms with Crippen LogP contribution in [-0.4, -0.2) is 36.7 Å². The number of carbonyl (C=O) groups excluding carboxylic acids is 4. The first kappa shape index (κ1) is 20.6. The third-order valence-electron chi connectivity index (χ3n) is 3.57. The smallest absolute Gasteiger partial charge is 0.251 e. The summed E-state index contributed by atoms with van der Waals surface area (Å²) < 4.78 is 0. The van der Waals surface area contributed by atoms with Crippen molar-refractivity contribution in [1.82, 2.24) is 10.6 Å². The second-order valence-corrected chi connectivity index (χ2v) is 6.04. The zero-order valence-electron chi connectivity index (χ0n) is 15.7. The van der Waals surface area contributed by atoms with Crippen LogP contribution in [0.1, 0.15) is 34.6 Å². The second kappa shape index (κ2) is 9.86. The molecule has 0 saturated carbocycles. The van der Waals surface area contributed by atoms with E-state index in [4.69, 9.17) is 0 Å². The molecule has 2 aromatic carbocycles. The van der Waals surface area contributed by atoms with E-state index in [0.29, 0.717) is 16.9 Å². The van der Waals surface area contributed by atoms with Gasteiger partial charge in [-0.3, -0.25) is 19.2 Å². The first-order valence-corrected chi connectivity index (χ1v) is 8.67. The Labute approximate surface area is 162 Å². The minimum absolute atomic E-state index is 0.219. The van der Waals surface area contributed by atoms with Crippen molar-refractivity contribution in [3.63, 3.8) is 0 Å². The molecule has 2 aromatic rings. The Morgan fingerprint density at radius 1 is 0.679 bits per heavy atom. The van der Waals surface area contributed by atoms with Gasteiger partial charge in [0.1, 0.15) is 0 Å². The van der Waals surface area contributed by atoms with E-state index in [9.17, 15) is 19.2 Å². The first-order chi connectivity index (χ1) is 13.3. The van der Waals surface area contributed by atoms with Crippen LogP contribution >= 0.6 is 0 Å². The fraction of sp³-hybridized carbons (Fsp3) is 0.200. The zero-order chi connectivity index (χ0) is 20.5. The number of benzene rings is 2. The predicted molar refractivity (Wildman–Crippen MR) is 106 cm³/mol. The van der Waals surface area contributed by atoms with Gasteiger partial charge in [0.25, 0.3) is 11.8 Å². The number of carbonyl (C=O) groups is 4. The van der Waals surface area contributed by atoms with Gasteiger partial charge in [-0.25, -0.2) is 0 Å². The van der Waals surface area contributed by atoms with E-state index >= 15 is 0 Å². The van der Waals surface area contributed by atoms with Crippen LogP contribution in [0.15, 0.2) is 48.5 Å². The lowest BCUT2D eigenvalue weighted by Crippen LogP contribution is -2.34. The zero-order valence-corrected chi connectivity index (χ0v) is 15.7. The van der Waals surface area contributed by atoms with Crippen LogP contribution in [0, 0.1) is 0 Å². The second-order valence-electron chi connectivity index (χ2n) is 6.04. The molecule has 2 rings (SSSR count). The molecule has 0 aliphatic carbocycles. The van der Waals surface area contributed by atoms with E-state index in [0.717, 1.165) is 0 Å². The van der Waals surface area contributed by atoms with Gasteiger partial charge in [-0.05, 0) is 30.3 Å². The molecule has 4 N–H and O–H groups in total. The number of nitrogens with one attached hydrogen (secondary N) is 4. The van der Waals surface area contributed by atoms with Gasteiger partial charge in [0.05, 0.1) is 0 Å². The fourth-order valence-corrected chi connectivity index (χ4v) is 2.46. The summed E-state index contributed by atoms with van der Waals surface area (Å²) in [5.74, 6) is -1.21. The average molecular weight is 382 g/mol. The molecule has 0 aliphatic rings. The molecule has 0 aliphatic heterocycles. The molecule has 4 amide bonds. The summed E-state index contributed by atoms with van der Waals surface area (Å²) in [7, 11) is 0. The monoisotopic (exact) mass is 382 g/mol. The molecular formula is C20H22N4O4. The highest BCUT2D eigenvalue weighted by Gasteiger charge is 2.11. The topological polar surface area (TPSA) is 116 Å². The highest BCUT2D eigenvalue weighted by atomic mass is 16.2. The molecule has 146 valence electrons. The largest absolute Gasteiger partial charge is 0.350 e. The van der Waals surface area contributed by atoms with Gasteiger partial charge >= 0.3 is 0 Å². The van der Waals surface area contributed by atoms with E-state index in [1.807, 2.05) is 6.07 Å². The van der Waals surface area contributed by atoms with E-state index in [1.54, 1.807) is 30.3 Å². The molecule has 0 fully saturated rings. The Morgan fingerprint density at radius 3 is 1.61 bits per heavy atom. The van der Waals surface area contributed by atoms with Crippen molar-refractivity contribution in [1.29, 1.82) is 0 Å². The van der Waals surface area contributed by atoms with Crippen molar-refractivity contribution < 1.29 is 19.2 Å². The minimum Gasteiger partial charge on any atom is -0.350 e. The third kappa shape index (κ3) is 6.56. The maximum atomic E-state index is 12.4. The van der Waals surface area contributed by atoms with E-state index < -0.39 is 5.91 Å². The minimum atomic E-state index is -0.396. The van der Waals surface area contributed by atoms with Crippen molar-refractivity contribution in [3.8, 4) is 0 Å². The Balaban J connectivity index is 1.95. The van der Waals surface area contributed by atoms with Gasteiger partial charge in [-0.15, -0.1) is 0 Å². The summed E-state index contributed by atoms with van der Waals surface area (Å²) in [5, 5.41) is 10.6. The highest BCUT2D eigenvalue weighted by Crippen LogP contribution is 2.19. The molecule has 0 unspecified atom stereocenters. The molecule has 28 heavy (non-hydrogen) atoms. The van der Waals surface area contributed by atoms with E-state index in [2.05, 4.69) is 21.3 Å². The lowest BCUT2D eigenvalue weighted by molar-refractivity contribution is -0.115. The Kier molecular flexibility index (Phi) is 7.27. The normalized spacial score (nSPS) is 9.93. The summed E-state index contributed by atoms with van der Waals surface area (Å²) >= 11 is 0. The van der Waals surface area contributed by atoms with Crippen LogP contribution < -0.4 is 21.3 Å². The number of hydrogen-bond acceptors (Lipinski definition) is 4. The SMILES string of the molecule is CC(=O)Nc1cc(NC(C)=O)cc(C(=O)NCCNC(=O)c2ccccc2)c1. The maximum absolute atomic E-state index is 12.4. The number of anilines is 2. The van der Waals surface area contributed by atoms with Gasteiger partial charge < -0.3 is 21.3 Å². The van der Waals surface area contributed by atoms with Gasteiger partial charge in [0.2, 0.25) is 11.8 Å². The van der Waals surface area contributed by atoms with Crippen molar-refractivity contribution in [2.75, 3.05) is 23.7 Å². The molecule has 8 heteroatoms. The van der Waals surface area contributed by atoms with Crippen molar-refractivity contribution in [2.24, 2.45) is 0 Å². The molecule has 0 heterocycles. The summed E-state index contributed by atoms with van der Waals surface area (Å²) in [6.07, 6.45) is 0. The van der Waals surface area contributed by atoms with Gasteiger partial charge in [-0.2, -0.15) is 0 Å². The third-order valence-corrected chi connectivity index (χ3v) is 3.57. The van der Waals surface area contributed by atoms with Crippen LogP contribution in [0.5, 0.6) is 0 Å². The summed E-state index contributed by atoms with van der Waals surface area (Å²) in [6, 6.07) is 13.3. The number of hydrogen-bond donors (Lipinski definition) is 4. The Morgan fingerprint density at radius 2 is 1.14 bits per heavy atom. The van der Waals surface area contributed by atoms with Crippen molar-refractivity contribution in [3.05, 3.63) is 59.7 Å². The highest BCUT2D eigenvalue weighted by molar-refractivity contribution is 6.00. The van der Waals surface area contributed by atoms with Crippen LogP contribution in [0.25, 0.3) is 0 Å². The van der Waals surface area contributed by atoms with Gasteiger partial charge in [-0.1, -0.05) is 18.2 Å². The summed E-state index contributed by atoms with van der Waals surface area (Å²) in [6.45, 7) is 3.17. The molecule has 0 saturated heterocycles. The summed E-state index contributed by atoms with van der Waals surface area (Å²) in [5.41, 5.74) is 1.59. The molecule has 0 spiro atoms. The molecule has 8 nitrogen and oxygen atoms in total. The molecular weight excluding hydrogens is 360 g/mol. The fourth-order valence-electron chi connectivity index (χ4n) is 2.46. The quantitative estimate of drug-likeness (QED) is 0.546. The number of amides is 4. The van der Waals surface area contributed by atoms with Gasteiger partial charge in [0.15, 0.2) is 0 Å². The van der Waals surface area contributed by atoms with Gasteiger partial charge in [0, 0.05) is 49.4 Å². The Hall–Kier alpha value is -3.68. The standard InChI is InChI=1S/C20H22N4O4/c1-13(25)23-17-10-16(11-18(12-17)24-14(2)26)20(28)22-9-8-21-19(27)15-6-4-3-5-7-15/h3-7,10-12H,8-9H2,1-2H3,(H,21,27)(H,22,28)(H,23,25)(H,24,26). The lowest BCUT2D eigenvalue weighted by Gasteiger charge is -2.11. The van der Waals surface area contributed by atoms with Crippen molar-refractivity contribution in [2.45, 2.75) is 13.8 Å². The molecule has 0 radical (unpaired) electrons. The predicted octanol–water partition coefficient (Wildman–Crippen LogP) is 1.76. The number of rotatable bonds is 7. The van der Waals surface area contributed by atoms with E-state index in [-0.39, 0.29) is 36.4 Å². The summed E-state index contributed by atoms with van der Waals surface area (Å²) in [4.78, 5) is 46.9. The van der Waals surface area contributed by atoms with Crippen LogP contribution in [0.4, 0.5) is 11.4 Å². The maximum Gasteiger partial charge on any atom is 0.251 e. The molecule has 0 aromatic heterocycles. The molecule has 0 atom stereocenters. The van der Waals surface area contributed by atoms with Crippen LogP contribution in [0.2, 0.25) is 0 Å². The lowest BCUT2D eigenvalue weighted by atomic mass is 10.1. The van der Waals surface area contributed by atoms with Crippen molar-refractivity contribution >= 4 is 35.0 Å². The first-order valence-electron chi connectivity index (χ1n) is 8.67. The molecule has 0 bridgehead atoms. The average Bonchev–Trinajstić information content (AvgIpc) is 2.64. The van der Waals surface area contributed by atoms with Crippen LogP contribution in [0.3, 0.4) is 0 Å². The van der Waals surface area contributed by atoms with Crippen LogP contribution in [-0.2, 0) is 9.59 Å².